The predicted molar refractivity (Wildman–Crippen MR) is 137 cm³/mol. The summed E-state index contributed by atoms with van der Waals surface area (Å²) in [5.41, 5.74) is 7.86. The zero-order valence-electron chi connectivity index (χ0n) is 18.9. The van der Waals surface area contributed by atoms with Crippen molar-refractivity contribution in [1.29, 1.82) is 0 Å². The van der Waals surface area contributed by atoms with Gasteiger partial charge in [-0.15, -0.1) is 11.3 Å². The Morgan fingerprint density at radius 1 is 1.15 bits per heavy atom. The Labute approximate surface area is 207 Å². The lowest BCUT2D eigenvalue weighted by molar-refractivity contribution is -0.120. The number of rotatable bonds is 7. The molecule has 3 heterocycles. The van der Waals surface area contributed by atoms with Gasteiger partial charge in [-0.05, 0) is 41.3 Å². The molecule has 0 saturated carbocycles. The van der Waals surface area contributed by atoms with E-state index in [1.54, 1.807) is 18.4 Å². The van der Waals surface area contributed by atoms with Crippen molar-refractivity contribution < 1.29 is 9.53 Å². The molecule has 1 fully saturated rings. The van der Waals surface area contributed by atoms with Crippen LogP contribution < -0.4 is 5.73 Å². The first-order chi connectivity index (χ1) is 16.6. The molecule has 1 aliphatic heterocycles. The Bertz CT molecular complexity index is 1330. The molecule has 34 heavy (non-hydrogen) atoms. The van der Waals surface area contributed by atoms with E-state index in [4.69, 9.17) is 22.1 Å². The number of carbonyl (C=O) groups excluding carboxylic acids is 1. The van der Waals surface area contributed by atoms with Gasteiger partial charge in [-0.3, -0.25) is 9.80 Å². The van der Waals surface area contributed by atoms with Crippen molar-refractivity contribution in [3.05, 3.63) is 64.3 Å². The fourth-order valence-electron chi connectivity index (χ4n) is 4.76. The van der Waals surface area contributed by atoms with Gasteiger partial charge in [0.15, 0.2) is 0 Å². The van der Waals surface area contributed by atoms with Gasteiger partial charge in [-0.2, -0.15) is 0 Å². The number of hydrogen-bond donors (Lipinski definition) is 1. The number of aromatic nitrogens is 2. The summed E-state index contributed by atoms with van der Waals surface area (Å²) in [7, 11) is 1.69. The maximum Gasteiger partial charge on any atom is 0.138 e. The number of nitrogens with two attached hydrogens (primary N) is 1. The molecule has 1 unspecified atom stereocenters. The summed E-state index contributed by atoms with van der Waals surface area (Å²) < 4.78 is 6.73. The zero-order chi connectivity index (χ0) is 23.7. The van der Waals surface area contributed by atoms with E-state index in [0.717, 1.165) is 47.4 Å². The summed E-state index contributed by atoms with van der Waals surface area (Å²) in [6.07, 6.45) is 2.53. The molecule has 0 spiro atoms. The minimum atomic E-state index is -0.274. The third-order valence-corrected chi connectivity index (χ3v) is 7.76. The van der Waals surface area contributed by atoms with E-state index in [2.05, 4.69) is 31.9 Å². The van der Waals surface area contributed by atoms with Gasteiger partial charge in [0.2, 0.25) is 0 Å². The molecule has 7 nitrogen and oxygen atoms in total. The van der Waals surface area contributed by atoms with Crippen molar-refractivity contribution in [3.8, 4) is 0 Å². The third-order valence-electron chi connectivity index (χ3n) is 6.45. The van der Waals surface area contributed by atoms with Crippen LogP contribution >= 0.6 is 22.9 Å². The maximum atomic E-state index is 12.3. The van der Waals surface area contributed by atoms with Crippen LogP contribution in [0.5, 0.6) is 0 Å². The Kier molecular flexibility index (Phi) is 6.76. The molecular weight excluding hydrogens is 470 g/mol. The molecule has 2 aromatic carbocycles. The first-order valence-electron chi connectivity index (χ1n) is 11.1. The molecule has 0 bridgehead atoms. The Morgan fingerprint density at radius 3 is 2.82 bits per heavy atom. The van der Waals surface area contributed by atoms with Crippen molar-refractivity contribution in [3.63, 3.8) is 0 Å². The number of carbonyl (C=O) groups is 1. The summed E-state index contributed by atoms with van der Waals surface area (Å²) in [5.74, 6) is 0.472. The number of anilines is 1. The van der Waals surface area contributed by atoms with Crippen molar-refractivity contribution >= 4 is 56.0 Å². The fourth-order valence-corrected chi connectivity index (χ4v) is 6.12. The van der Waals surface area contributed by atoms with E-state index in [1.807, 2.05) is 30.3 Å². The van der Waals surface area contributed by atoms with Crippen LogP contribution in [0.2, 0.25) is 5.02 Å². The number of fused-ring (bicyclic) bond motifs is 2. The van der Waals surface area contributed by atoms with Crippen LogP contribution in [0.15, 0.2) is 48.8 Å². The number of aldehydes is 1. The van der Waals surface area contributed by atoms with E-state index < -0.39 is 0 Å². The molecule has 2 aromatic heterocycles. The standard InChI is InChI=1S/C25H26ClN5O2S/c1-33-14-23-22(13-32)30(11-16-2-5-20-21(8-16)28-15-29-25(20)27)6-7-31(23)12-19-9-17-3-4-18(26)10-24(17)34-19/h2-5,8-10,13,15,22-23H,6-7,11-12,14H2,1H3,(H2,27,28,29)/t22?,23-/m1/s1. The van der Waals surface area contributed by atoms with E-state index in [-0.39, 0.29) is 12.1 Å². The number of nitrogens with zero attached hydrogens (tertiary/aromatic N) is 4. The first kappa shape index (κ1) is 23.1. The van der Waals surface area contributed by atoms with E-state index in [0.29, 0.717) is 19.0 Å². The topological polar surface area (TPSA) is 84.6 Å². The highest BCUT2D eigenvalue weighted by molar-refractivity contribution is 7.19. The highest BCUT2D eigenvalue weighted by Crippen LogP contribution is 2.31. The molecule has 0 radical (unpaired) electrons. The third kappa shape index (κ3) is 4.64. The van der Waals surface area contributed by atoms with Crippen LogP contribution in [-0.2, 0) is 22.6 Å². The molecule has 5 rings (SSSR count). The summed E-state index contributed by atoms with van der Waals surface area (Å²) in [6.45, 7) is 3.53. The number of benzene rings is 2. The first-order valence-corrected chi connectivity index (χ1v) is 12.3. The van der Waals surface area contributed by atoms with Gasteiger partial charge >= 0.3 is 0 Å². The Balaban J connectivity index is 1.35. The average molecular weight is 496 g/mol. The van der Waals surface area contributed by atoms with Gasteiger partial charge in [0.1, 0.15) is 18.4 Å². The summed E-state index contributed by atoms with van der Waals surface area (Å²) >= 11 is 7.92. The van der Waals surface area contributed by atoms with Gasteiger partial charge in [0.05, 0.1) is 24.2 Å². The van der Waals surface area contributed by atoms with Crippen LogP contribution in [-0.4, -0.2) is 64.9 Å². The van der Waals surface area contributed by atoms with E-state index in [9.17, 15) is 4.79 Å². The summed E-state index contributed by atoms with van der Waals surface area (Å²) in [4.78, 5) is 26.5. The molecule has 9 heteroatoms. The van der Waals surface area contributed by atoms with Crippen molar-refractivity contribution in [2.45, 2.75) is 25.2 Å². The number of thiophene rings is 1. The Hall–Kier alpha value is -2.62. The lowest BCUT2D eigenvalue weighted by atomic mass is 10.0. The van der Waals surface area contributed by atoms with Gasteiger partial charge in [-0.1, -0.05) is 23.7 Å². The second-order valence-corrected chi connectivity index (χ2v) is 10.2. The normalized spacial score (nSPS) is 19.7. The highest BCUT2D eigenvalue weighted by Gasteiger charge is 2.36. The molecule has 2 N–H and O–H groups in total. The lowest BCUT2D eigenvalue weighted by Crippen LogP contribution is -2.61. The van der Waals surface area contributed by atoms with Crippen molar-refractivity contribution in [2.24, 2.45) is 0 Å². The highest BCUT2D eigenvalue weighted by atomic mass is 35.5. The molecule has 0 amide bonds. The minimum absolute atomic E-state index is 0.0384. The minimum Gasteiger partial charge on any atom is -0.383 e. The van der Waals surface area contributed by atoms with Gasteiger partial charge < -0.3 is 15.3 Å². The molecule has 1 saturated heterocycles. The lowest BCUT2D eigenvalue weighted by Gasteiger charge is -2.45. The molecule has 0 aliphatic carbocycles. The molecule has 1 aliphatic rings. The van der Waals surface area contributed by atoms with Gasteiger partial charge in [-0.25, -0.2) is 9.97 Å². The van der Waals surface area contributed by atoms with E-state index in [1.165, 1.54) is 21.3 Å². The molecule has 176 valence electrons. The zero-order valence-corrected chi connectivity index (χ0v) is 20.4. The van der Waals surface area contributed by atoms with E-state index >= 15 is 0 Å². The van der Waals surface area contributed by atoms with Crippen LogP contribution in [0.3, 0.4) is 0 Å². The molecule has 2 atom stereocenters. The number of piperazine rings is 1. The predicted octanol–water partition coefficient (Wildman–Crippen LogP) is 3.98. The summed E-state index contributed by atoms with van der Waals surface area (Å²) in [6, 6.07) is 13.9. The fraction of sp³-hybridized carbons (Fsp3) is 0.320. The number of nitrogen functional groups attached to an aromatic ring is 1. The monoisotopic (exact) mass is 495 g/mol. The SMILES string of the molecule is COC[C@@H]1C(C=O)N(Cc2ccc3c(N)ncnc3c2)CCN1Cc1cc2ccc(Cl)cc2s1. The number of methoxy groups -OCH3 is 1. The van der Waals surface area contributed by atoms with Crippen LogP contribution in [0.1, 0.15) is 10.4 Å². The second-order valence-electron chi connectivity index (χ2n) is 8.60. The molecule has 4 aromatic rings. The number of ether oxygens (including phenoxy) is 1. The van der Waals surface area contributed by atoms with Gasteiger partial charge in [0, 0.05) is 53.3 Å². The largest absolute Gasteiger partial charge is 0.383 e. The van der Waals surface area contributed by atoms with Gasteiger partial charge in [0.25, 0.3) is 0 Å². The Morgan fingerprint density at radius 2 is 2.00 bits per heavy atom. The smallest absolute Gasteiger partial charge is 0.138 e. The van der Waals surface area contributed by atoms with Crippen molar-refractivity contribution in [1.82, 2.24) is 19.8 Å². The summed E-state index contributed by atoms with van der Waals surface area (Å²) in [5, 5.41) is 2.78. The number of hydrogen-bond acceptors (Lipinski definition) is 8. The maximum absolute atomic E-state index is 12.3. The quantitative estimate of drug-likeness (QED) is 0.388. The van der Waals surface area contributed by atoms with Crippen molar-refractivity contribution in [2.75, 3.05) is 32.5 Å². The van der Waals surface area contributed by atoms with Crippen LogP contribution in [0.25, 0.3) is 21.0 Å². The second kappa shape index (κ2) is 9.93. The molecular formula is C25H26ClN5O2S. The van der Waals surface area contributed by atoms with Crippen LogP contribution in [0, 0.1) is 0 Å². The van der Waals surface area contributed by atoms with Crippen LogP contribution in [0.4, 0.5) is 5.82 Å². The average Bonchev–Trinajstić information content (AvgIpc) is 3.22. The number of halogens is 1.